The standard InChI is InChI=1S/C14H18ClN3/c1-3-8-18-9-4-5-12(18)10-16-13-6-7-14(15)17-11(13)2/h4-7,9,16H,3,8,10H2,1-2H3. The number of aromatic nitrogens is 2. The van der Waals surface area contributed by atoms with Crippen molar-refractivity contribution in [1.29, 1.82) is 0 Å². The van der Waals surface area contributed by atoms with Crippen molar-refractivity contribution < 1.29 is 0 Å². The normalized spacial score (nSPS) is 10.6. The van der Waals surface area contributed by atoms with Gasteiger partial charge in [0, 0.05) is 18.4 Å². The van der Waals surface area contributed by atoms with Gasteiger partial charge in [0.2, 0.25) is 0 Å². The van der Waals surface area contributed by atoms with E-state index in [0.29, 0.717) is 5.15 Å². The lowest BCUT2D eigenvalue weighted by molar-refractivity contribution is 0.654. The molecule has 18 heavy (non-hydrogen) atoms. The fraction of sp³-hybridized carbons (Fsp3) is 0.357. The Balaban J connectivity index is 2.04. The number of aryl methyl sites for hydroxylation is 2. The largest absolute Gasteiger partial charge is 0.378 e. The van der Waals surface area contributed by atoms with Crippen LogP contribution in [0.5, 0.6) is 0 Å². The van der Waals surface area contributed by atoms with Crippen LogP contribution in [0.15, 0.2) is 30.5 Å². The Labute approximate surface area is 113 Å². The molecule has 0 saturated carbocycles. The van der Waals surface area contributed by atoms with Crippen LogP contribution in [-0.4, -0.2) is 9.55 Å². The molecule has 0 amide bonds. The van der Waals surface area contributed by atoms with Gasteiger partial charge in [0.05, 0.1) is 17.9 Å². The first-order chi connectivity index (χ1) is 8.70. The SMILES string of the molecule is CCCn1cccc1CNc1ccc(Cl)nc1C. The molecule has 4 heteroatoms. The van der Waals surface area contributed by atoms with E-state index in [-0.39, 0.29) is 0 Å². The van der Waals surface area contributed by atoms with Crippen LogP contribution in [0.2, 0.25) is 5.15 Å². The Bertz CT molecular complexity index is 520. The van der Waals surface area contributed by atoms with E-state index in [1.54, 1.807) is 0 Å². The van der Waals surface area contributed by atoms with Crippen molar-refractivity contribution in [3.8, 4) is 0 Å². The molecule has 0 saturated heterocycles. The first kappa shape index (κ1) is 13.0. The third-order valence-electron chi connectivity index (χ3n) is 2.90. The van der Waals surface area contributed by atoms with Crippen molar-refractivity contribution in [3.63, 3.8) is 0 Å². The van der Waals surface area contributed by atoms with E-state index >= 15 is 0 Å². The minimum absolute atomic E-state index is 0.535. The van der Waals surface area contributed by atoms with Crippen LogP contribution in [0.4, 0.5) is 5.69 Å². The summed E-state index contributed by atoms with van der Waals surface area (Å²) in [5, 5.41) is 3.93. The predicted molar refractivity (Wildman–Crippen MR) is 76.0 cm³/mol. The molecule has 2 aromatic rings. The highest BCUT2D eigenvalue weighted by molar-refractivity contribution is 6.29. The summed E-state index contributed by atoms with van der Waals surface area (Å²) < 4.78 is 2.27. The highest BCUT2D eigenvalue weighted by Gasteiger charge is 2.03. The smallest absolute Gasteiger partial charge is 0.129 e. The lowest BCUT2D eigenvalue weighted by atomic mass is 10.3. The van der Waals surface area contributed by atoms with Crippen molar-refractivity contribution in [1.82, 2.24) is 9.55 Å². The molecule has 2 heterocycles. The van der Waals surface area contributed by atoms with Crippen molar-refractivity contribution >= 4 is 17.3 Å². The summed E-state index contributed by atoms with van der Waals surface area (Å²) in [6.07, 6.45) is 3.26. The zero-order valence-electron chi connectivity index (χ0n) is 10.8. The molecule has 0 aromatic carbocycles. The van der Waals surface area contributed by atoms with Gasteiger partial charge < -0.3 is 9.88 Å². The minimum atomic E-state index is 0.535. The Hall–Kier alpha value is -1.48. The van der Waals surface area contributed by atoms with Crippen molar-refractivity contribution in [2.75, 3.05) is 5.32 Å². The van der Waals surface area contributed by atoms with Gasteiger partial charge in [-0.15, -0.1) is 0 Å². The molecule has 0 unspecified atom stereocenters. The number of nitrogens with zero attached hydrogens (tertiary/aromatic N) is 2. The number of hydrogen-bond acceptors (Lipinski definition) is 2. The predicted octanol–water partition coefficient (Wildman–Crippen LogP) is 3.87. The molecule has 0 radical (unpaired) electrons. The van der Waals surface area contributed by atoms with Gasteiger partial charge in [-0.1, -0.05) is 18.5 Å². The summed E-state index contributed by atoms with van der Waals surface area (Å²) in [4.78, 5) is 4.23. The molecule has 96 valence electrons. The molecule has 1 N–H and O–H groups in total. The van der Waals surface area contributed by atoms with Crippen LogP contribution in [0.3, 0.4) is 0 Å². The number of nitrogens with one attached hydrogen (secondary N) is 1. The van der Waals surface area contributed by atoms with Crippen molar-refractivity contribution in [2.24, 2.45) is 0 Å². The Morgan fingerprint density at radius 1 is 1.33 bits per heavy atom. The number of rotatable bonds is 5. The lowest BCUT2D eigenvalue weighted by Gasteiger charge is -2.11. The number of hydrogen-bond donors (Lipinski definition) is 1. The molecule has 0 bridgehead atoms. The summed E-state index contributed by atoms with van der Waals surface area (Å²) in [6, 6.07) is 8.00. The average Bonchev–Trinajstić information content (AvgIpc) is 2.76. The van der Waals surface area contributed by atoms with E-state index in [1.165, 1.54) is 5.69 Å². The van der Waals surface area contributed by atoms with Crippen LogP contribution in [0, 0.1) is 6.92 Å². The van der Waals surface area contributed by atoms with Crippen LogP contribution < -0.4 is 5.32 Å². The van der Waals surface area contributed by atoms with Crippen LogP contribution in [0.1, 0.15) is 24.7 Å². The van der Waals surface area contributed by atoms with E-state index in [1.807, 2.05) is 19.1 Å². The third-order valence-corrected chi connectivity index (χ3v) is 3.11. The van der Waals surface area contributed by atoms with Gasteiger partial charge in [-0.25, -0.2) is 4.98 Å². The number of pyridine rings is 1. The van der Waals surface area contributed by atoms with Gasteiger partial charge in [0.1, 0.15) is 5.15 Å². The highest BCUT2D eigenvalue weighted by atomic mass is 35.5. The molecule has 2 rings (SSSR count). The second kappa shape index (κ2) is 5.91. The van der Waals surface area contributed by atoms with Gasteiger partial charge >= 0.3 is 0 Å². The zero-order chi connectivity index (χ0) is 13.0. The maximum Gasteiger partial charge on any atom is 0.129 e. The van der Waals surface area contributed by atoms with Gasteiger partial charge in [0.25, 0.3) is 0 Å². The zero-order valence-corrected chi connectivity index (χ0v) is 11.5. The molecule has 0 spiro atoms. The minimum Gasteiger partial charge on any atom is -0.378 e. The average molecular weight is 264 g/mol. The van der Waals surface area contributed by atoms with E-state index in [0.717, 1.165) is 30.9 Å². The first-order valence-corrected chi connectivity index (χ1v) is 6.59. The molecule has 0 aliphatic heterocycles. The third kappa shape index (κ3) is 3.05. The topological polar surface area (TPSA) is 29.9 Å². The monoisotopic (exact) mass is 263 g/mol. The van der Waals surface area contributed by atoms with Gasteiger partial charge in [-0.2, -0.15) is 0 Å². The van der Waals surface area contributed by atoms with Crippen LogP contribution in [-0.2, 0) is 13.1 Å². The highest BCUT2D eigenvalue weighted by Crippen LogP contribution is 2.16. The summed E-state index contributed by atoms with van der Waals surface area (Å²) in [5.41, 5.74) is 3.24. The van der Waals surface area contributed by atoms with Crippen LogP contribution >= 0.6 is 11.6 Å². The molecular formula is C14H18ClN3. The molecule has 0 aliphatic rings. The van der Waals surface area contributed by atoms with Gasteiger partial charge in [-0.3, -0.25) is 0 Å². The van der Waals surface area contributed by atoms with Crippen molar-refractivity contribution in [2.45, 2.75) is 33.4 Å². The summed E-state index contributed by atoms with van der Waals surface area (Å²) in [5.74, 6) is 0. The van der Waals surface area contributed by atoms with Gasteiger partial charge in [-0.05, 0) is 37.6 Å². The Morgan fingerprint density at radius 2 is 2.17 bits per heavy atom. The van der Waals surface area contributed by atoms with E-state index < -0.39 is 0 Å². The molecular weight excluding hydrogens is 246 g/mol. The molecule has 0 fully saturated rings. The fourth-order valence-electron chi connectivity index (χ4n) is 1.97. The quantitative estimate of drug-likeness (QED) is 0.830. The number of halogens is 1. The van der Waals surface area contributed by atoms with E-state index in [4.69, 9.17) is 11.6 Å². The second-order valence-corrected chi connectivity index (χ2v) is 4.70. The Kier molecular flexibility index (Phi) is 4.26. The molecule has 3 nitrogen and oxygen atoms in total. The van der Waals surface area contributed by atoms with Crippen molar-refractivity contribution in [3.05, 3.63) is 47.0 Å². The summed E-state index contributed by atoms with van der Waals surface area (Å²) >= 11 is 5.84. The van der Waals surface area contributed by atoms with Crippen LogP contribution in [0.25, 0.3) is 0 Å². The van der Waals surface area contributed by atoms with E-state index in [2.05, 4.69) is 40.1 Å². The van der Waals surface area contributed by atoms with E-state index in [9.17, 15) is 0 Å². The maximum absolute atomic E-state index is 5.84. The maximum atomic E-state index is 5.84. The molecule has 0 aliphatic carbocycles. The summed E-state index contributed by atoms with van der Waals surface area (Å²) in [6.45, 7) is 6.00. The Morgan fingerprint density at radius 3 is 2.89 bits per heavy atom. The first-order valence-electron chi connectivity index (χ1n) is 6.21. The fourth-order valence-corrected chi connectivity index (χ4v) is 2.16. The second-order valence-electron chi connectivity index (χ2n) is 4.31. The molecule has 0 atom stereocenters. The summed E-state index contributed by atoms with van der Waals surface area (Å²) in [7, 11) is 0. The number of anilines is 1. The molecule has 2 aromatic heterocycles. The van der Waals surface area contributed by atoms with Gasteiger partial charge in [0.15, 0.2) is 0 Å². The lowest BCUT2D eigenvalue weighted by Crippen LogP contribution is -2.08.